The third-order valence-corrected chi connectivity index (χ3v) is 2.05. The number of azide groups is 1. The maximum absolute atomic E-state index is 12.0. The zero-order valence-electron chi connectivity index (χ0n) is 9.77. The summed E-state index contributed by atoms with van der Waals surface area (Å²) in [6.45, 7) is 6.00. The minimum Gasteiger partial charge on any atom is -0.294 e. The molecule has 1 rings (SSSR count). The first kappa shape index (κ1) is 12.3. The van der Waals surface area contributed by atoms with Crippen LogP contribution >= 0.6 is 0 Å². The molecule has 0 bridgehead atoms. The van der Waals surface area contributed by atoms with Crippen LogP contribution in [0.2, 0.25) is 0 Å². The van der Waals surface area contributed by atoms with Crippen LogP contribution in [-0.4, -0.2) is 5.78 Å². The Balaban J connectivity index is 3.04. The van der Waals surface area contributed by atoms with E-state index in [0.29, 0.717) is 17.7 Å². The van der Waals surface area contributed by atoms with Gasteiger partial charge in [-0.25, -0.2) is 0 Å². The second-order valence-electron chi connectivity index (χ2n) is 4.87. The Labute approximate surface area is 94.9 Å². The fraction of sp³-hybridized carbons (Fsp3) is 0.417. The molecule has 0 atom stereocenters. The predicted octanol–water partition coefficient (Wildman–Crippen LogP) is 4.25. The summed E-state index contributed by atoms with van der Waals surface area (Å²) in [7, 11) is 0. The van der Waals surface area contributed by atoms with Crippen LogP contribution in [0, 0.1) is 5.41 Å². The van der Waals surface area contributed by atoms with Crippen LogP contribution in [-0.2, 0) is 0 Å². The van der Waals surface area contributed by atoms with Gasteiger partial charge in [-0.15, -0.1) is 0 Å². The van der Waals surface area contributed by atoms with Crippen LogP contribution in [0.25, 0.3) is 10.4 Å². The molecule has 0 radical (unpaired) electrons. The van der Waals surface area contributed by atoms with Crippen molar-refractivity contribution in [1.29, 1.82) is 0 Å². The quantitative estimate of drug-likeness (QED) is 0.323. The first-order valence-electron chi connectivity index (χ1n) is 5.11. The van der Waals surface area contributed by atoms with Crippen molar-refractivity contribution >= 4 is 11.5 Å². The van der Waals surface area contributed by atoms with Crippen molar-refractivity contribution < 1.29 is 4.79 Å². The lowest BCUT2D eigenvalue weighted by Crippen LogP contribution is -2.13. The average Bonchev–Trinajstić information content (AvgIpc) is 2.16. The summed E-state index contributed by atoms with van der Waals surface area (Å²) in [5.74, 6) is 0.00972. The van der Waals surface area contributed by atoms with E-state index in [4.69, 9.17) is 5.53 Å². The van der Waals surface area contributed by atoms with Crippen molar-refractivity contribution in [2.75, 3.05) is 0 Å². The van der Waals surface area contributed by atoms with Gasteiger partial charge in [-0.1, -0.05) is 50.2 Å². The van der Waals surface area contributed by atoms with Crippen molar-refractivity contribution in [2.45, 2.75) is 27.2 Å². The van der Waals surface area contributed by atoms with Crippen molar-refractivity contribution in [1.82, 2.24) is 0 Å². The molecule has 0 amide bonds. The molecule has 0 aromatic heterocycles. The number of nitrogens with zero attached hydrogens (tertiary/aromatic N) is 3. The van der Waals surface area contributed by atoms with Crippen LogP contribution < -0.4 is 0 Å². The molecule has 1 aromatic carbocycles. The van der Waals surface area contributed by atoms with Gasteiger partial charge in [-0.3, -0.25) is 4.79 Å². The zero-order valence-corrected chi connectivity index (χ0v) is 9.77. The minimum absolute atomic E-state index is 0.00972. The van der Waals surface area contributed by atoms with E-state index in [2.05, 4.69) is 10.0 Å². The molecule has 0 aliphatic carbocycles. The average molecular weight is 217 g/mol. The van der Waals surface area contributed by atoms with Gasteiger partial charge in [-0.05, 0) is 10.9 Å². The van der Waals surface area contributed by atoms with Crippen molar-refractivity contribution in [3.63, 3.8) is 0 Å². The number of hydrogen-bond donors (Lipinski definition) is 0. The van der Waals surface area contributed by atoms with Crippen LogP contribution in [0.15, 0.2) is 29.4 Å². The molecular weight excluding hydrogens is 202 g/mol. The zero-order chi connectivity index (χ0) is 12.2. The first-order chi connectivity index (χ1) is 7.44. The number of carbonyl (C=O) groups excluding carboxylic acids is 1. The molecule has 0 heterocycles. The van der Waals surface area contributed by atoms with E-state index in [9.17, 15) is 4.79 Å². The highest BCUT2D eigenvalue weighted by Crippen LogP contribution is 2.26. The molecule has 16 heavy (non-hydrogen) atoms. The van der Waals surface area contributed by atoms with E-state index in [-0.39, 0.29) is 11.2 Å². The molecule has 1 aromatic rings. The van der Waals surface area contributed by atoms with Crippen molar-refractivity contribution in [2.24, 2.45) is 10.5 Å². The lowest BCUT2D eigenvalue weighted by atomic mass is 9.87. The summed E-state index contributed by atoms with van der Waals surface area (Å²) in [4.78, 5) is 14.7. The third kappa shape index (κ3) is 3.41. The molecule has 4 nitrogen and oxygen atoms in total. The van der Waals surface area contributed by atoms with Crippen molar-refractivity contribution in [3.05, 3.63) is 40.3 Å². The van der Waals surface area contributed by atoms with Crippen LogP contribution in [0.4, 0.5) is 5.69 Å². The summed E-state index contributed by atoms with van der Waals surface area (Å²) in [5.41, 5.74) is 9.23. The van der Waals surface area contributed by atoms with E-state index < -0.39 is 0 Å². The Morgan fingerprint density at radius 2 is 2.00 bits per heavy atom. The number of ketones is 1. The molecule has 84 valence electrons. The Morgan fingerprint density at radius 1 is 1.38 bits per heavy atom. The van der Waals surface area contributed by atoms with Gasteiger partial charge in [0.05, 0.1) is 0 Å². The van der Waals surface area contributed by atoms with Gasteiger partial charge < -0.3 is 0 Å². The maximum atomic E-state index is 12.0. The van der Waals surface area contributed by atoms with Gasteiger partial charge in [0.2, 0.25) is 0 Å². The molecule has 0 unspecified atom stereocenters. The molecule has 0 fully saturated rings. The highest BCUT2D eigenvalue weighted by molar-refractivity contribution is 6.00. The Hall–Kier alpha value is -1.80. The van der Waals surface area contributed by atoms with Gasteiger partial charge in [0.25, 0.3) is 0 Å². The Bertz CT molecular complexity index is 440. The number of Topliss-reactive ketones (excluding diaryl/α,β-unsaturated/α-hetero) is 1. The number of rotatable bonds is 3. The van der Waals surface area contributed by atoms with E-state index in [1.807, 2.05) is 20.8 Å². The van der Waals surface area contributed by atoms with Crippen LogP contribution in [0.3, 0.4) is 0 Å². The van der Waals surface area contributed by atoms with E-state index >= 15 is 0 Å². The second-order valence-corrected chi connectivity index (χ2v) is 4.87. The van der Waals surface area contributed by atoms with E-state index in [0.717, 1.165) is 0 Å². The van der Waals surface area contributed by atoms with Gasteiger partial charge in [0.1, 0.15) is 0 Å². The second kappa shape index (κ2) is 4.81. The minimum atomic E-state index is -0.0689. The fourth-order valence-electron chi connectivity index (χ4n) is 1.42. The molecular formula is C12H15N3O. The lowest BCUT2D eigenvalue weighted by Gasteiger charge is -2.17. The normalized spacial score (nSPS) is 10.7. The molecule has 0 spiro atoms. The van der Waals surface area contributed by atoms with Gasteiger partial charge in [0, 0.05) is 22.6 Å². The summed E-state index contributed by atoms with van der Waals surface area (Å²) in [5, 5.41) is 3.52. The largest absolute Gasteiger partial charge is 0.294 e. The molecule has 0 aliphatic rings. The van der Waals surface area contributed by atoms with Crippen molar-refractivity contribution in [3.8, 4) is 0 Å². The fourth-order valence-corrected chi connectivity index (χ4v) is 1.42. The highest BCUT2D eigenvalue weighted by Gasteiger charge is 2.18. The number of benzene rings is 1. The first-order valence-corrected chi connectivity index (χ1v) is 5.11. The van der Waals surface area contributed by atoms with Gasteiger partial charge >= 0.3 is 0 Å². The van der Waals surface area contributed by atoms with Gasteiger partial charge in [-0.2, -0.15) is 0 Å². The third-order valence-electron chi connectivity index (χ3n) is 2.05. The number of carbonyl (C=O) groups is 1. The Morgan fingerprint density at radius 3 is 2.56 bits per heavy atom. The standard InChI is InChI=1S/C12H15N3O/c1-12(2,3)8-11(16)9-6-4-5-7-10(9)14-15-13/h4-7H,8H2,1-3H3. The molecule has 0 N–H and O–H groups in total. The lowest BCUT2D eigenvalue weighted by molar-refractivity contribution is 0.0940. The Kier molecular flexibility index (Phi) is 3.69. The summed E-state index contributed by atoms with van der Waals surface area (Å²) >= 11 is 0. The summed E-state index contributed by atoms with van der Waals surface area (Å²) < 4.78 is 0. The maximum Gasteiger partial charge on any atom is 0.163 e. The molecule has 4 heteroatoms. The van der Waals surface area contributed by atoms with Crippen LogP contribution in [0.5, 0.6) is 0 Å². The monoisotopic (exact) mass is 217 g/mol. The molecule has 0 saturated heterocycles. The summed E-state index contributed by atoms with van der Waals surface area (Å²) in [6.07, 6.45) is 0.435. The molecule has 0 aliphatic heterocycles. The van der Waals surface area contributed by atoms with Crippen LogP contribution in [0.1, 0.15) is 37.6 Å². The smallest absolute Gasteiger partial charge is 0.163 e. The molecule has 0 saturated carbocycles. The van der Waals surface area contributed by atoms with E-state index in [1.165, 1.54) is 0 Å². The van der Waals surface area contributed by atoms with Gasteiger partial charge in [0.15, 0.2) is 5.78 Å². The van der Waals surface area contributed by atoms with E-state index in [1.54, 1.807) is 24.3 Å². The topological polar surface area (TPSA) is 65.8 Å². The summed E-state index contributed by atoms with van der Waals surface area (Å²) in [6, 6.07) is 6.86. The predicted molar refractivity (Wildman–Crippen MR) is 63.7 cm³/mol. The highest BCUT2D eigenvalue weighted by atomic mass is 16.1. The SMILES string of the molecule is CC(C)(C)CC(=O)c1ccccc1N=[N+]=[N-]. The number of hydrogen-bond acceptors (Lipinski definition) is 2.